The lowest BCUT2D eigenvalue weighted by Gasteiger charge is -2.22. The summed E-state index contributed by atoms with van der Waals surface area (Å²) < 4.78 is 24.6. The van der Waals surface area contributed by atoms with Gasteiger partial charge in [0, 0.05) is 6.07 Å². The fourth-order valence-electron chi connectivity index (χ4n) is 2.34. The topological polar surface area (TPSA) is 42.0 Å². The van der Waals surface area contributed by atoms with Crippen LogP contribution in [0.2, 0.25) is 5.02 Å². The average molecular weight is 323 g/mol. The number of amides is 1. The number of rotatable bonds is 3. The standard InChI is InChI=1S/C15H12ClFN2O3/c1-2-4-22-14-7-12(11(17)6-10(14)16)19-9-18-3-5-21-8-13(18)15(19)20/h1,6-8H,3-5,9H2. The van der Waals surface area contributed by atoms with Gasteiger partial charge in [0.25, 0.3) is 5.91 Å². The second-order valence-electron chi connectivity index (χ2n) is 4.74. The predicted octanol–water partition coefficient (Wildman–Crippen LogP) is 1.97. The Morgan fingerprint density at radius 1 is 1.50 bits per heavy atom. The number of ether oxygens (including phenoxy) is 2. The molecule has 2 aliphatic heterocycles. The number of carbonyl (C=O) groups excluding carboxylic acids is 1. The first-order valence-electron chi connectivity index (χ1n) is 6.55. The number of nitrogens with zero attached hydrogens (tertiary/aromatic N) is 2. The minimum Gasteiger partial charge on any atom is -0.497 e. The lowest BCUT2D eigenvalue weighted by molar-refractivity contribution is -0.114. The lowest BCUT2D eigenvalue weighted by atomic mass is 10.2. The molecule has 0 atom stereocenters. The zero-order valence-electron chi connectivity index (χ0n) is 11.5. The van der Waals surface area contributed by atoms with Gasteiger partial charge < -0.3 is 14.4 Å². The monoisotopic (exact) mass is 322 g/mol. The fraction of sp³-hybridized carbons (Fsp3) is 0.267. The van der Waals surface area contributed by atoms with Crippen molar-refractivity contribution in [3.63, 3.8) is 0 Å². The molecule has 0 spiro atoms. The third-order valence-corrected chi connectivity index (χ3v) is 3.69. The Morgan fingerprint density at radius 2 is 2.32 bits per heavy atom. The zero-order valence-corrected chi connectivity index (χ0v) is 12.3. The van der Waals surface area contributed by atoms with Crippen LogP contribution in [-0.2, 0) is 9.53 Å². The number of benzene rings is 1. The first kappa shape index (κ1) is 14.5. The predicted molar refractivity (Wildman–Crippen MR) is 78.8 cm³/mol. The van der Waals surface area contributed by atoms with Gasteiger partial charge in [0.1, 0.15) is 36.7 Å². The quantitative estimate of drug-likeness (QED) is 0.798. The van der Waals surface area contributed by atoms with Crippen molar-refractivity contribution in [3.05, 3.63) is 34.9 Å². The minimum atomic E-state index is -0.604. The van der Waals surface area contributed by atoms with E-state index in [9.17, 15) is 9.18 Å². The maximum absolute atomic E-state index is 14.2. The molecule has 5 nitrogen and oxygen atoms in total. The van der Waals surface area contributed by atoms with Crippen LogP contribution in [0.1, 0.15) is 0 Å². The van der Waals surface area contributed by atoms with Crippen molar-refractivity contribution in [3.8, 4) is 18.1 Å². The molecule has 0 aromatic heterocycles. The smallest absolute Gasteiger partial charge is 0.279 e. The van der Waals surface area contributed by atoms with Crippen LogP contribution >= 0.6 is 11.6 Å². The van der Waals surface area contributed by atoms with Crippen LogP contribution in [0.4, 0.5) is 10.1 Å². The van der Waals surface area contributed by atoms with E-state index in [0.717, 1.165) is 6.07 Å². The van der Waals surface area contributed by atoms with Crippen LogP contribution in [0.3, 0.4) is 0 Å². The van der Waals surface area contributed by atoms with Gasteiger partial charge in [-0.3, -0.25) is 9.69 Å². The number of halogens is 2. The normalized spacial score (nSPS) is 16.8. The lowest BCUT2D eigenvalue weighted by Crippen LogP contribution is -2.29. The van der Waals surface area contributed by atoms with Gasteiger partial charge in [0.05, 0.1) is 23.9 Å². The zero-order chi connectivity index (χ0) is 15.7. The third kappa shape index (κ3) is 2.44. The Kier molecular flexibility index (Phi) is 3.82. The van der Waals surface area contributed by atoms with Gasteiger partial charge in [0.15, 0.2) is 0 Å². The molecule has 0 N–H and O–H groups in total. The van der Waals surface area contributed by atoms with E-state index < -0.39 is 5.82 Å². The highest BCUT2D eigenvalue weighted by Gasteiger charge is 2.37. The van der Waals surface area contributed by atoms with Gasteiger partial charge in [-0.05, 0) is 6.07 Å². The Labute approximate surface area is 131 Å². The van der Waals surface area contributed by atoms with Crippen molar-refractivity contribution in [1.82, 2.24) is 4.90 Å². The van der Waals surface area contributed by atoms with Gasteiger partial charge >= 0.3 is 0 Å². The van der Waals surface area contributed by atoms with E-state index in [4.69, 9.17) is 27.5 Å². The number of fused-ring (bicyclic) bond motifs is 1. The SMILES string of the molecule is C#CCOc1cc(N2CN3CCOC=C3C2=O)c(F)cc1Cl. The molecule has 0 radical (unpaired) electrons. The Morgan fingerprint density at radius 3 is 3.05 bits per heavy atom. The molecule has 22 heavy (non-hydrogen) atoms. The molecule has 1 aromatic rings. The van der Waals surface area contributed by atoms with E-state index in [1.165, 1.54) is 17.2 Å². The summed E-state index contributed by atoms with van der Waals surface area (Å²) in [5.41, 5.74) is 0.503. The van der Waals surface area contributed by atoms with Gasteiger partial charge in [0.2, 0.25) is 0 Å². The highest BCUT2D eigenvalue weighted by atomic mass is 35.5. The molecule has 3 rings (SSSR count). The second kappa shape index (κ2) is 5.78. The number of terminal acetylenes is 1. The maximum Gasteiger partial charge on any atom is 0.279 e. The van der Waals surface area contributed by atoms with Crippen LogP contribution in [0.15, 0.2) is 24.1 Å². The number of hydrogen-bond donors (Lipinski definition) is 0. The molecular weight excluding hydrogens is 311 g/mol. The summed E-state index contributed by atoms with van der Waals surface area (Å²) >= 11 is 5.92. The van der Waals surface area contributed by atoms with Gasteiger partial charge in [-0.1, -0.05) is 17.5 Å². The van der Waals surface area contributed by atoms with Crippen molar-refractivity contribution in [1.29, 1.82) is 0 Å². The van der Waals surface area contributed by atoms with E-state index in [-0.39, 0.29) is 35.6 Å². The van der Waals surface area contributed by atoms with Crippen molar-refractivity contribution in [2.75, 3.05) is 31.3 Å². The van der Waals surface area contributed by atoms with Gasteiger partial charge in [-0.15, -0.1) is 6.42 Å². The van der Waals surface area contributed by atoms with Crippen molar-refractivity contribution < 1.29 is 18.7 Å². The van der Waals surface area contributed by atoms with Crippen LogP contribution in [-0.4, -0.2) is 37.2 Å². The van der Waals surface area contributed by atoms with E-state index >= 15 is 0 Å². The first-order valence-corrected chi connectivity index (χ1v) is 6.93. The highest BCUT2D eigenvalue weighted by Crippen LogP contribution is 2.35. The van der Waals surface area contributed by atoms with Crippen LogP contribution in [0, 0.1) is 18.2 Å². The largest absolute Gasteiger partial charge is 0.497 e. The highest BCUT2D eigenvalue weighted by molar-refractivity contribution is 6.32. The molecule has 1 amide bonds. The van der Waals surface area contributed by atoms with E-state index in [0.29, 0.717) is 18.8 Å². The minimum absolute atomic E-state index is 0.00383. The summed E-state index contributed by atoms with van der Waals surface area (Å²) in [6, 6.07) is 2.49. The van der Waals surface area contributed by atoms with Crippen molar-refractivity contribution >= 4 is 23.2 Å². The summed E-state index contributed by atoms with van der Waals surface area (Å²) in [5, 5.41) is 0.100. The van der Waals surface area contributed by atoms with Crippen molar-refractivity contribution in [2.45, 2.75) is 0 Å². The molecule has 1 fully saturated rings. The number of anilines is 1. The van der Waals surface area contributed by atoms with E-state index in [1.807, 2.05) is 4.90 Å². The molecule has 7 heteroatoms. The van der Waals surface area contributed by atoms with Crippen molar-refractivity contribution in [2.24, 2.45) is 0 Å². The van der Waals surface area contributed by atoms with Gasteiger partial charge in [-0.2, -0.15) is 0 Å². The molecule has 0 bridgehead atoms. The molecule has 2 heterocycles. The number of carbonyl (C=O) groups is 1. The van der Waals surface area contributed by atoms with E-state index in [1.54, 1.807) is 0 Å². The summed E-state index contributed by atoms with van der Waals surface area (Å²) in [5.74, 6) is 1.61. The molecule has 0 saturated carbocycles. The summed E-state index contributed by atoms with van der Waals surface area (Å²) in [6.45, 7) is 1.32. The molecule has 0 aliphatic carbocycles. The van der Waals surface area contributed by atoms with Gasteiger partial charge in [-0.25, -0.2) is 4.39 Å². The fourth-order valence-corrected chi connectivity index (χ4v) is 2.55. The maximum atomic E-state index is 14.2. The van der Waals surface area contributed by atoms with Crippen LogP contribution < -0.4 is 9.64 Å². The molecule has 0 unspecified atom stereocenters. The van der Waals surface area contributed by atoms with Crippen LogP contribution in [0.5, 0.6) is 5.75 Å². The molecular formula is C15H12ClFN2O3. The van der Waals surface area contributed by atoms with E-state index in [2.05, 4.69) is 5.92 Å². The Balaban J connectivity index is 1.95. The van der Waals surface area contributed by atoms with Crippen LogP contribution in [0.25, 0.3) is 0 Å². The third-order valence-electron chi connectivity index (χ3n) is 3.39. The summed E-state index contributed by atoms with van der Waals surface area (Å²) in [7, 11) is 0. The Bertz CT molecular complexity index is 699. The molecule has 2 aliphatic rings. The molecule has 114 valence electrons. The molecule has 1 saturated heterocycles. The second-order valence-corrected chi connectivity index (χ2v) is 5.15. The number of hydrogen-bond acceptors (Lipinski definition) is 4. The average Bonchev–Trinajstić information content (AvgIpc) is 2.84. The molecule has 1 aromatic carbocycles. The summed E-state index contributed by atoms with van der Waals surface area (Å²) in [4.78, 5) is 15.5. The Hall–Kier alpha value is -2.39. The summed E-state index contributed by atoms with van der Waals surface area (Å²) in [6.07, 6.45) is 6.53. The first-order chi connectivity index (χ1) is 10.6.